The van der Waals surface area contributed by atoms with Gasteiger partial charge in [-0.25, -0.2) is 4.99 Å². The Kier molecular flexibility index (Phi) is 11.7. The van der Waals surface area contributed by atoms with Gasteiger partial charge in [-0.1, -0.05) is 38.5 Å². The van der Waals surface area contributed by atoms with E-state index in [1.54, 1.807) is 0 Å². The first-order valence-corrected chi connectivity index (χ1v) is 15.3. The van der Waals surface area contributed by atoms with Crippen LogP contribution in [0.3, 0.4) is 0 Å². The highest BCUT2D eigenvalue weighted by molar-refractivity contribution is 6.05. The summed E-state index contributed by atoms with van der Waals surface area (Å²) in [6.45, 7) is 4.45. The van der Waals surface area contributed by atoms with E-state index in [0.717, 1.165) is 87.8 Å². The van der Waals surface area contributed by atoms with Crippen LogP contribution >= 0.6 is 0 Å². The molecule has 1 aliphatic carbocycles. The van der Waals surface area contributed by atoms with Crippen molar-refractivity contribution in [2.24, 2.45) is 4.99 Å². The Bertz CT molecular complexity index is 1040. The number of carbonyl (C=O) groups is 3. The van der Waals surface area contributed by atoms with Gasteiger partial charge in [0.1, 0.15) is 12.3 Å². The summed E-state index contributed by atoms with van der Waals surface area (Å²) >= 11 is 0. The van der Waals surface area contributed by atoms with E-state index in [1.807, 2.05) is 23.1 Å². The lowest BCUT2D eigenvalue weighted by Crippen LogP contribution is -2.42. The second kappa shape index (κ2) is 15.6. The predicted octanol–water partition coefficient (Wildman–Crippen LogP) is 5.23. The van der Waals surface area contributed by atoms with Crippen LogP contribution in [0.5, 0.6) is 5.75 Å². The minimum atomic E-state index is -0.217. The van der Waals surface area contributed by atoms with Crippen molar-refractivity contribution in [3.8, 4) is 5.75 Å². The molecule has 0 radical (unpaired) electrons. The molecular formula is C31H46N4O5. The number of esters is 1. The first-order chi connectivity index (χ1) is 19.5. The molecule has 40 heavy (non-hydrogen) atoms. The maximum absolute atomic E-state index is 13.2. The van der Waals surface area contributed by atoms with Gasteiger partial charge in [0, 0.05) is 38.0 Å². The minimum absolute atomic E-state index is 0.0176. The third-order valence-corrected chi connectivity index (χ3v) is 8.01. The minimum Gasteiger partial charge on any atom is -0.494 e. The highest BCUT2D eigenvalue weighted by Crippen LogP contribution is 2.30. The Labute approximate surface area is 238 Å². The standard InChI is InChI=1S/C31H46N4O5/c1-24(36)39-19-11-5-3-10-18-35(26-13-7-6-8-14-26)30(38)15-9-2-4-12-20-40-27-16-17-28-25(21-27)22-34-23-29(37)33-31(34)32-28/h16-17,21,26H,2-15,18-20,22-23H2,1H3,(H,32,33,37). The average molecular weight is 555 g/mol. The van der Waals surface area contributed by atoms with Crippen LogP contribution < -0.4 is 10.1 Å². The number of benzene rings is 1. The number of hydrogen-bond donors (Lipinski definition) is 1. The first kappa shape index (κ1) is 29.9. The lowest BCUT2D eigenvalue weighted by molar-refractivity contribution is -0.141. The van der Waals surface area contributed by atoms with Gasteiger partial charge in [0.2, 0.25) is 17.8 Å². The number of ether oxygens (including phenoxy) is 2. The second-order valence-electron chi connectivity index (χ2n) is 11.3. The van der Waals surface area contributed by atoms with Crippen LogP contribution in [-0.4, -0.2) is 65.9 Å². The molecule has 0 atom stereocenters. The molecule has 1 aromatic carbocycles. The van der Waals surface area contributed by atoms with Gasteiger partial charge in [0.05, 0.1) is 18.9 Å². The van der Waals surface area contributed by atoms with Crippen molar-refractivity contribution >= 4 is 29.4 Å². The van der Waals surface area contributed by atoms with E-state index in [-0.39, 0.29) is 11.9 Å². The van der Waals surface area contributed by atoms with Crippen LogP contribution in [-0.2, 0) is 25.7 Å². The smallest absolute Gasteiger partial charge is 0.302 e. The molecule has 1 N–H and O–H groups in total. The van der Waals surface area contributed by atoms with Crippen LogP contribution in [0.25, 0.3) is 0 Å². The lowest BCUT2D eigenvalue weighted by Gasteiger charge is -2.34. The molecule has 0 aromatic heterocycles. The molecule has 0 bridgehead atoms. The molecule has 4 rings (SSSR count). The van der Waals surface area contributed by atoms with Gasteiger partial charge in [-0.05, 0) is 63.1 Å². The maximum Gasteiger partial charge on any atom is 0.302 e. The Morgan fingerprint density at radius 3 is 2.52 bits per heavy atom. The number of guanidine groups is 1. The van der Waals surface area contributed by atoms with E-state index < -0.39 is 0 Å². The quantitative estimate of drug-likeness (QED) is 0.222. The van der Waals surface area contributed by atoms with E-state index in [2.05, 4.69) is 15.2 Å². The van der Waals surface area contributed by atoms with Gasteiger partial charge in [0.15, 0.2) is 0 Å². The molecule has 2 heterocycles. The normalized spacial score (nSPS) is 16.6. The summed E-state index contributed by atoms with van der Waals surface area (Å²) in [6.07, 6.45) is 14.6. The summed E-state index contributed by atoms with van der Waals surface area (Å²) in [5.74, 6) is 1.56. The van der Waals surface area contributed by atoms with Gasteiger partial charge in [-0.15, -0.1) is 0 Å². The van der Waals surface area contributed by atoms with E-state index in [1.165, 1.54) is 26.2 Å². The van der Waals surface area contributed by atoms with Crippen LogP contribution in [0.1, 0.15) is 102 Å². The molecule has 1 saturated heterocycles. The lowest BCUT2D eigenvalue weighted by atomic mass is 9.93. The molecule has 1 saturated carbocycles. The summed E-state index contributed by atoms with van der Waals surface area (Å²) in [7, 11) is 0. The third kappa shape index (κ3) is 9.24. The number of fused-ring (bicyclic) bond motifs is 2. The Balaban J connectivity index is 1.10. The van der Waals surface area contributed by atoms with Crippen molar-refractivity contribution in [3.63, 3.8) is 0 Å². The number of hydrogen-bond acceptors (Lipinski definition) is 7. The van der Waals surface area contributed by atoms with E-state index in [4.69, 9.17) is 9.47 Å². The first-order valence-electron chi connectivity index (χ1n) is 15.3. The number of rotatable bonds is 16. The summed E-state index contributed by atoms with van der Waals surface area (Å²) in [4.78, 5) is 44.3. The van der Waals surface area contributed by atoms with E-state index >= 15 is 0 Å². The maximum atomic E-state index is 13.2. The highest BCUT2D eigenvalue weighted by atomic mass is 16.5. The zero-order valence-corrected chi connectivity index (χ0v) is 24.1. The topological polar surface area (TPSA) is 101 Å². The molecule has 2 amide bonds. The Morgan fingerprint density at radius 2 is 1.73 bits per heavy atom. The zero-order chi connectivity index (χ0) is 28.2. The molecule has 0 spiro atoms. The zero-order valence-electron chi connectivity index (χ0n) is 24.1. The number of amides is 2. The van der Waals surface area contributed by atoms with Crippen molar-refractivity contribution in [1.29, 1.82) is 0 Å². The van der Waals surface area contributed by atoms with Crippen molar-refractivity contribution in [1.82, 2.24) is 15.1 Å². The molecule has 3 aliphatic rings. The van der Waals surface area contributed by atoms with Gasteiger partial charge in [-0.3, -0.25) is 19.7 Å². The number of aliphatic imine (C=N–C) groups is 1. The third-order valence-electron chi connectivity index (χ3n) is 8.01. The predicted molar refractivity (Wildman–Crippen MR) is 154 cm³/mol. The molecule has 2 aliphatic heterocycles. The van der Waals surface area contributed by atoms with Crippen LogP contribution in [0, 0.1) is 0 Å². The van der Waals surface area contributed by atoms with Crippen LogP contribution in [0.4, 0.5) is 5.69 Å². The molecule has 9 heteroatoms. The molecular weight excluding hydrogens is 508 g/mol. The fraction of sp³-hybridized carbons (Fsp3) is 0.677. The summed E-state index contributed by atoms with van der Waals surface area (Å²) in [5.41, 5.74) is 1.95. The van der Waals surface area contributed by atoms with E-state index in [0.29, 0.717) is 50.6 Å². The van der Waals surface area contributed by atoms with Gasteiger partial charge < -0.3 is 19.3 Å². The second-order valence-corrected chi connectivity index (χ2v) is 11.3. The van der Waals surface area contributed by atoms with Gasteiger partial charge in [-0.2, -0.15) is 0 Å². The monoisotopic (exact) mass is 554 g/mol. The van der Waals surface area contributed by atoms with Crippen molar-refractivity contribution in [2.75, 3.05) is 26.3 Å². The van der Waals surface area contributed by atoms with Crippen molar-refractivity contribution in [2.45, 2.75) is 109 Å². The number of carbonyl (C=O) groups excluding carboxylic acids is 3. The van der Waals surface area contributed by atoms with Gasteiger partial charge in [0.25, 0.3) is 0 Å². The Morgan fingerprint density at radius 1 is 0.975 bits per heavy atom. The number of nitrogens with zero attached hydrogens (tertiary/aromatic N) is 3. The molecule has 0 unspecified atom stereocenters. The number of unbranched alkanes of at least 4 members (excludes halogenated alkanes) is 6. The summed E-state index contributed by atoms with van der Waals surface area (Å²) < 4.78 is 11.0. The molecule has 2 fully saturated rings. The van der Waals surface area contributed by atoms with E-state index in [9.17, 15) is 14.4 Å². The largest absolute Gasteiger partial charge is 0.494 e. The molecule has 1 aromatic rings. The fourth-order valence-electron chi connectivity index (χ4n) is 5.85. The van der Waals surface area contributed by atoms with Gasteiger partial charge >= 0.3 is 5.97 Å². The van der Waals surface area contributed by atoms with Crippen LogP contribution in [0.2, 0.25) is 0 Å². The van der Waals surface area contributed by atoms with Crippen LogP contribution in [0.15, 0.2) is 23.2 Å². The average Bonchev–Trinajstić information content (AvgIpc) is 3.31. The fourth-order valence-corrected chi connectivity index (χ4v) is 5.85. The number of nitrogens with one attached hydrogen (secondary N) is 1. The van der Waals surface area contributed by atoms with Crippen molar-refractivity contribution < 1.29 is 23.9 Å². The molecule has 220 valence electrons. The Hall–Kier alpha value is -3.10. The highest BCUT2D eigenvalue weighted by Gasteiger charge is 2.29. The van der Waals surface area contributed by atoms with Crippen molar-refractivity contribution in [3.05, 3.63) is 23.8 Å². The SMILES string of the molecule is CC(=O)OCCCCCCN(C(=O)CCCCCCOc1ccc2c(c1)CN1CC(=O)NC1=N2)C1CCCCC1. The molecule has 9 nitrogen and oxygen atoms in total. The summed E-state index contributed by atoms with van der Waals surface area (Å²) in [5, 5.41) is 2.79. The summed E-state index contributed by atoms with van der Waals surface area (Å²) in [6, 6.07) is 6.32.